The molecular formula is C29H48O8Si. The lowest BCUT2D eigenvalue weighted by atomic mass is 10.2. The zero-order chi connectivity index (χ0) is 29.0. The van der Waals surface area contributed by atoms with Crippen LogP contribution in [-0.4, -0.2) is 38.6 Å². The summed E-state index contributed by atoms with van der Waals surface area (Å²) in [7, 11) is -1.90. The van der Waals surface area contributed by atoms with Crippen LogP contribution >= 0.6 is 0 Å². The van der Waals surface area contributed by atoms with Crippen LogP contribution in [0.1, 0.15) is 89.6 Å². The van der Waals surface area contributed by atoms with Gasteiger partial charge in [0, 0.05) is 11.1 Å². The van der Waals surface area contributed by atoms with Crippen LogP contribution in [0.3, 0.4) is 0 Å². The van der Waals surface area contributed by atoms with Gasteiger partial charge in [0.1, 0.15) is 35.9 Å². The Morgan fingerprint density at radius 2 is 1.18 bits per heavy atom. The Kier molecular flexibility index (Phi) is 14.1. The average molecular weight is 553 g/mol. The van der Waals surface area contributed by atoms with E-state index in [4.69, 9.17) is 27.8 Å². The molecule has 1 N–H and O–H groups in total. The van der Waals surface area contributed by atoms with Gasteiger partial charge in [0.2, 0.25) is 8.32 Å². The summed E-state index contributed by atoms with van der Waals surface area (Å²) in [4.78, 5) is 22.7. The number of furan rings is 2. The van der Waals surface area contributed by atoms with Crippen molar-refractivity contribution in [1.29, 1.82) is 0 Å². The van der Waals surface area contributed by atoms with Crippen molar-refractivity contribution in [3.05, 3.63) is 46.3 Å². The number of aryl methyl sites for hydroxylation is 2. The van der Waals surface area contributed by atoms with Crippen LogP contribution in [0.25, 0.3) is 0 Å². The summed E-state index contributed by atoms with van der Waals surface area (Å²) >= 11 is 0. The maximum Gasteiger partial charge on any atom is 0.313 e. The van der Waals surface area contributed by atoms with E-state index in [0.29, 0.717) is 59.3 Å². The van der Waals surface area contributed by atoms with Gasteiger partial charge in [-0.05, 0) is 56.5 Å². The van der Waals surface area contributed by atoms with Crippen molar-refractivity contribution in [3.63, 3.8) is 0 Å². The Hall–Kier alpha value is -2.36. The fourth-order valence-corrected chi connectivity index (χ4v) is 10.5. The molecule has 0 aliphatic heterocycles. The zero-order valence-electron chi connectivity index (χ0n) is 24.9. The third-order valence-corrected chi connectivity index (χ3v) is 12.8. The van der Waals surface area contributed by atoms with Crippen LogP contribution in [0.15, 0.2) is 21.0 Å². The van der Waals surface area contributed by atoms with Crippen LogP contribution in [0.2, 0.25) is 16.6 Å². The molecule has 0 saturated heterocycles. The minimum Gasteiger partial charge on any atom is -0.466 e. The predicted molar refractivity (Wildman–Crippen MR) is 149 cm³/mol. The minimum absolute atomic E-state index is 0.0713. The number of rotatable bonds is 13. The predicted octanol–water partition coefficient (Wildman–Crippen LogP) is 6.57. The van der Waals surface area contributed by atoms with Gasteiger partial charge in [-0.1, -0.05) is 41.5 Å². The quantitative estimate of drug-likeness (QED) is 0.219. The normalized spacial score (nSPS) is 11.6. The van der Waals surface area contributed by atoms with Gasteiger partial charge in [0.25, 0.3) is 0 Å². The largest absolute Gasteiger partial charge is 0.466 e. The highest BCUT2D eigenvalue weighted by Gasteiger charge is 2.45. The topological polar surface area (TPSA) is 108 Å². The highest BCUT2D eigenvalue weighted by atomic mass is 28.4. The first-order valence-electron chi connectivity index (χ1n) is 13.5. The molecule has 0 amide bonds. The van der Waals surface area contributed by atoms with Gasteiger partial charge < -0.3 is 27.8 Å². The third-order valence-electron chi connectivity index (χ3n) is 6.75. The highest BCUT2D eigenvalue weighted by molar-refractivity contribution is 6.77. The maximum absolute atomic E-state index is 11.6. The van der Waals surface area contributed by atoms with Gasteiger partial charge in [-0.2, -0.15) is 0 Å². The standard InChI is InChI=1S/C19H34O4Si.C10H14O4/c1-9-21-19(20)11-18-10-17(16(8)23-18)12-22-24(13(2)3,14(4)5)15(6)7;1-3-13-10(12)5-9-4-8(6-11)7(2)14-9/h10,13-15H,9,11-12H2,1-8H3;4,11H,3,5-6H2,1-2H3. The molecule has 0 aliphatic carbocycles. The Morgan fingerprint density at radius 3 is 1.53 bits per heavy atom. The SMILES string of the molecule is CCOC(=O)Cc1cc(CO)c(C)o1.CCOC(=O)Cc1cc(CO[Si](C(C)C)(C(C)C)C(C)C)c(C)o1. The van der Waals surface area contributed by atoms with Crippen molar-refractivity contribution in [1.82, 2.24) is 0 Å². The molecule has 0 spiro atoms. The van der Waals surface area contributed by atoms with E-state index < -0.39 is 8.32 Å². The average Bonchev–Trinajstić information content (AvgIpc) is 3.34. The van der Waals surface area contributed by atoms with E-state index in [9.17, 15) is 9.59 Å². The van der Waals surface area contributed by atoms with Crippen molar-refractivity contribution in [2.75, 3.05) is 13.2 Å². The van der Waals surface area contributed by atoms with Crippen molar-refractivity contribution in [2.24, 2.45) is 0 Å². The first-order valence-corrected chi connectivity index (χ1v) is 15.7. The van der Waals surface area contributed by atoms with Crippen molar-refractivity contribution >= 4 is 20.3 Å². The van der Waals surface area contributed by atoms with Gasteiger partial charge >= 0.3 is 11.9 Å². The minimum atomic E-state index is -1.90. The molecule has 0 unspecified atom stereocenters. The van der Waals surface area contributed by atoms with Crippen molar-refractivity contribution in [2.45, 2.75) is 112 Å². The Bertz CT molecular complexity index is 981. The first kappa shape index (κ1) is 33.7. The molecule has 2 aromatic heterocycles. The summed E-state index contributed by atoms with van der Waals surface area (Å²) < 4.78 is 27.3. The van der Waals surface area contributed by atoms with Crippen molar-refractivity contribution < 1.29 is 37.4 Å². The van der Waals surface area contributed by atoms with E-state index in [-0.39, 0.29) is 31.4 Å². The van der Waals surface area contributed by atoms with Gasteiger partial charge in [0.05, 0.1) is 26.4 Å². The summed E-state index contributed by atoms with van der Waals surface area (Å²) in [6.45, 7) is 22.1. The number of ether oxygens (including phenoxy) is 2. The molecule has 0 saturated carbocycles. The molecule has 0 fully saturated rings. The number of carbonyl (C=O) groups is 2. The molecule has 0 atom stereocenters. The lowest BCUT2D eigenvalue weighted by molar-refractivity contribution is -0.143. The first-order chi connectivity index (χ1) is 17.8. The molecule has 2 rings (SSSR count). The number of aliphatic hydroxyl groups is 1. The molecule has 216 valence electrons. The maximum atomic E-state index is 11.6. The molecular weight excluding hydrogens is 504 g/mol. The van der Waals surface area contributed by atoms with Crippen LogP contribution in [0.4, 0.5) is 0 Å². The van der Waals surface area contributed by atoms with Crippen LogP contribution in [-0.2, 0) is 49.5 Å². The molecule has 9 heteroatoms. The summed E-state index contributed by atoms with van der Waals surface area (Å²) in [6, 6.07) is 3.61. The number of aliphatic hydroxyl groups excluding tert-OH is 1. The highest BCUT2D eigenvalue weighted by Crippen LogP contribution is 2.43. The molecule has 0 bridgehead atoms. The molecule has 2 heterocycles. The number of hydrogen-bond donors (Lipinski definition) is 1. The summed E-state index contributed by atoms with van der Waals surface area (Å²) in [6.07, 6.45) is 0.296. The number of hydrogen-bond acceptors (Lipinski definition) is 8. The van der Waals surface area contributed by atoms with Crippen molar-refractivity contribution in [3.8, 4) is 0 Å². The Labute approximate surface area is 229 Å². The Morgan fingerprint density at radius 1 is 0.789 bits per heavy atom. The molecule has 38 heavy (non-hydrogen) atoms. The molecule has 2 aromatic rings. The second-order valence-corrected chi connectivity index (χ2v) is 15.8. The van der Waals surface area contributed by atoms with Gasteiger partial charge in [-0.15, -0.1) is 0 Å². The second-order valence-electron chi connectivity index (χ2n) is 10.3. The van der Waals surface area contributed by atoms with E-state index in [1.807, 2.05) is 13.0 Å². The van der Waals surface area contributed by atoms with E-state index in [1.54, 1.807) is 26.8 Å². The van der Waals surface area contributed by atoms with Gasteiger partial charge in [-0.25, -0.2) is 0 Å². The summed E-state index contributed by atoms with van der Waals surface area (Å²) in [5.41, 5.74) is 3.38. The lowest BCUT2D eigenvalue weighted by Gasteiger charge is -2.42. The van der Waals surface area contributed by atoms with E-state index in [0.717, 1.165) is 11.3 Å². The fourth-order valence-electron chi connectivity index (χ4n) is 5.06. The van der Waals surface area contributed by atoms with Crippen LogP contribution in [0, 0.1) is 13.8 Å². The smallest absolute Gasteiger partial charge is 0.313 e. The van der Waals surface area contributed by atoms with E-state index in [1.165, 1.54) is 0 Å². The summed E-state index contributed by atoms with van der Waals surface area (Å²) in [5, 5.41) is 8.89. The van der Waals surface area contributed by atoms with E-state index >= 15 is 0 Å². The van der Waals surface area contributed by atoms with Crippen LogP contribution < -0.4 is 0 Å². The molecule has 8 nitrogen and oxygen atoms in total. The number of carbonyl (C=O) groups excluding carboxylic acids is 2. The summed E-state index contributed by atoms with van der Waals surface area (Å²) in [5.74, 6) is 2.08. The Balaban J connectivity index is 0.000000437. The lowest BCUT2D eigenvalue weighted by Crippen LogP contribution is -2.47. The van der Waals surface area contributed by atoms with Gasteiger partial charge in [0.15, 0.2) is 0 Å². The number of esters is 2. The van der Waals surface area contributed by atoms with Gasteiger partial charge in [-0.3, -0.25) is 9.59 Å². The van der Waals surface area contributed by atoms with Crippen LogP contribution in [0.5, 0.6) is 0 Å². The molecule has 0 aromatic carbocycles. The third kappa shape index (κ3) is 9.43. The second kappa shape index (κ2) is 15.9. The van der Waals surface area contributed by atoms with E-state index in [2.05, 4.69) is 41.5 Å². The monoisotopic (exact) mass is 552 g/mol. The fraction of sp³-hybridized carbons (Fsp3) is 0.655. The molecule has 0 radical (unpaired) electrons. The zero-order valence-corrected chi connectivity index (χ0v) is 25.9. The molecule has 0 aliphatic rings.